The molecule has 1 amide bonds. The normalized spacial score (nSPS) is 15.3. The molecule has 0 saturated heterocycles. The van der Waals surface area contributed by atoms with Crippen LogP contribution in [0.2, 0.25) is 5.02 Å². The first-order valence-corrected chi connectivity index (χ1v) is 7.42. The van der Waals surface area contributed by atoms with E-state index in [4.69, 9.17) is 23.2 Å². The lowest BCUT2D eigenvalue weighted by atomic mass is 10.2. The van der Waals surface area contributed by atoms with Crippen LogP contribution in [-0.2, 0) is 17.5 Å². The largest absolute Gasteiger partial charge is 0.436 e. The van der Waals surface area contributed by atoms with E-state index >= 15 is 0 Å². The zero-order valence-electron chi connectivity index (χ0n) is 11.0. The van der Waals surface area contributed by atoms with Crippen molar-refractivity contribution in [3.63, 3.8) is 0 Å². The second kappa shape index (κ2) is 6.44. The van der Waals surface area contributed by atoms with Gasteiger partial charge >= 0.3 is 6.18 Å². The van der Waals surface area contributed by atoms with E-state index < -0.39 is 11.9 Å². The number of rotatable bonds is 6. The minimum Gasteiger partial charge on any atom is -0.355 e. The Balaban J connectivity index is 2.06. The summed E-state index contributed by atoms with van der Waals surface area (Å²) in [4.78, 5) is 11.0. The van der Waals surface area contributed by atoms with Crippen LogP contribution in [0.4, 0.5) is 13.2 Å². The van der Waals surface area contributed by atoms with Gasteiger partial charge in [0.1, 0.15) is 5.88 Å². The second-order valence-electron chi connectivity index (χ2n) is 4.88. The predicted molar refractivity (Wildman–Crippen MR) is 72.6 cm³/mol. The van der Waals surface area contributed by atoms with Gasteiger partial charge in [-0.3, -0.25) is 9.48 Å². The summed E-state index contributed by atoms with van der Waals surface area (Å²) in [5.41, 5.74) is -0.580. The van der Waals surface area contributed by atoms with Crippen molar-refractivity contribution in [2.24, 2.45) is 0 Å². The monoisotopic (exact) mass is 343 g/mol. The zero-order valence-corrected chi connectivity index (χ0v) is 12.5. The van der Waals surface area contributed by atoms with Crippen molar-refractivity contribution in [1.82, 2.24) is 15.1 Å². The molecule has 1 aliphatic carbocycles. The molecule has 1 aromatic rings. The van der Waals surface area contributed by atoms with Crippen molar-refractivity contribution in [1.29, 1.82) is 0 Å². The van der Waals surface area contributed by atoms with Gasteiger partial charge in [0.2, 0.25) is 5.91 Å². The Bertz CT molecular complexity index is 527. The summed E-state index contributed by atoms with van der Waals surface area (Å²) in [6.07, 6.45) is -2.45. The van der Waals surface area contributed by atoms with Gasteiger partial charge in [-0.15, -0.1) is 11.6 Å². The fourth-order valence-electron chi connectivity index (χ4n) is 2.06. The Morgan fingerprint density at radius 2 is 2.10 bits per heavy atom. The Hall–Kier alpha value is -0.950. The molecule has 9 heteroatoms. The van der Waals surface area contributed by atoms with E-state index in [1.807, 2.05) is 0 Å². The van der Waals surface area contributed by atoms with Crippen LogP contribution in [0.3, 0.4) is 0 Å². The summed E-state index contributed by atoms with van der Waals surface area (Å²) in [6, 6.07) is 0. The topological polar surface area (TPSA) is 46.9 Å². The maximum absolute atomic E-state index is 12.8. The average molecular weight is 344 g/mol. The number of carbonyl (C=O) groups excluding carboxylic acids is 1. The minimum atomic E-state index is -4.56. The Morgan fingerprint density at radius 3 is 2.62 bits per heavy atom. The maximum atomic E-state index is 12.8. The van der Waals surface area contributed by atoms with Gasteiger partial charge < -0.3 is 5.32 Å². The lowest BCUT2D eigenvalue weighted by Crippen LogP contribution is -2.26. The van der Waals surface area contributed by atoms with Gasteiger partial charge in [-0.1, -0.05) is 11.6 Å². The number of amides is 1. The molecule has 0 atom stereocenters. The number of alkyl halides is 4. The molecule has 1 N–H and O–H groups in total. The molecule has 21 heavy (non-hydrogen) atoms. The molecule has 0 bridgehead atoms. The van der Waals surface area contributed by atoms with Crippen molar-refractivity contribution >= 4 is 29.1 Å². The number of nitrogens with one attached hydrogen (secondary N) is 1. The van der Waals surface area contributed by atoms with Gasteiger partial charge in [0, 0.05) is 19.0 Å². The highest BCUT2D eigenvalue weighted by molar-refractivity contribution is 6.32. The van der Waals surface area contributed by atoms with E-state index in [-0.39, 0.29) is 29.3 Å². The number of carbonyl (C=O) groups is 1. The fraction of sp³-hybridized carbons (Fsp3) is 0.667. The molecular formula is C12H14Cl2F3N3O. The SMILES string of the molecule is O=C(CCl)NCCCn1nc(C(F)(F)F)c(Cl)c1C1CC1. The van der Waals surface area contributed by atoms with Crippen LogP contribution in [0.15, 0.2) is 0 Å². The van der Waals surface area contributed by atoms with Crippen molar-refractivity contribution < 1.29 is 18.0 Å². The molecule has 0 unspecified atom stereocenters. The maximum Gasteiger partial charge on any atom is 0.436 e. The Morgan fingerprint density at radius 1 is 1.43 bits per heavy atom. The highest BCUT2D eigenvalue weighted by Crippen LogP contribution is 2.46. The molecule has 1 aromatic heterocycles. The molecule has 1 aliphatic rings. The summed E-state index contributed by atoms with van der Waals surface area (Å²) < 4.78 is 39.8. The quantitative estimate of drug-likeness (QED) is 0.637. The van der Waals surface area contributed by atoms with Gasteiger partial charge in [-0.25, -0.2) is 0 Å². The van der Waals surface area contributed by atoms with Gasteiger partial charge in [0.15, 0.2) is 5.69 Å². The fourth-order valence-corrected chi connectivity index (χ4v) is 2.55. The third kappa shape index (κ3) is 4.03. The highest BCUT2D eigenvalue weighted by atomic mass is 35.5. The summed E-state index contributed by atoms with van der Waals surface area (Å²) in [6.45, 7) is 0.596. The Labute approximate surface area is 129 Å². The molecule has 118 valence electrons. The lowest BCUT2D eigenvalue weighted by molar-refractivity contribution is -0.141. The molecule has 4 nitrogen and oxygen atoms in total. The molecule has 0 aromatic carbocycles. The molecule has 0 aliphatic heterocycles. The first-order chi connectivity index (χ1) is 9.84. The van der Waals surface area contributed by atoms with Crippen LogP contribution in [0.5, 0.6) is 0 Å². The first-order valence-electron chi connectivity index (χ1n) is 6.50. The zero-order chi connectivity index (χ0) is 15.6. The van der Waals surface area contributed by atoms with E-state index in [1.165, 1.54) is 4.68 Å². The van der Waals surface area contributed by atoms with Crippen LogP contribution in [-0.4, -0.2) is 28.1 Å². The van der Waals surface area contributed by atoms with Gasteiger partial charge in [-0.05, 0) is 19.3 Å². The third-order valence-corrected chi connectivity index (χ3v) is 3.77. The standard InChI is InChI=1S/C12H14Cl2F3N3O/c13-6-8(21)18-4-1-5-20-10(7-2-3-7)9(14)11(19-20)12(15,16)17/h7H,1-6H2,(H,18,21). The minimum absolute atomic E-state index is 0.0542. The third-order valence-electron chi connectivity index (χ3n) is 3.15. The molecule has 1 heterocycles. The van der Waals surface area contributed by atoms with Crippen LogP contribution < -0.4 is 5.32 Å². The highest BCUT2D eigenvalue weighted by Gasteiger charge is 2.41. The van der Waals surface area contributed by atoms with Gasteiger partial charge in [-0.2, -0.15) is 18.3 Å². The average Bonchev–Trinajstić information content (AvgIpc) is 3.17. The van der Waals surface area contributed by atoms with E-state index in [9.17, 15) is 18.0 Å². The summed E-state index contributed by atoms with van der Waals surface area (Å²) in [5, 5.41) is 5.85. The number of nitrogens with zero attached hydrogens (tertiary/aromatic N) is 2. The number of hydrogen-bond acceptors (Lipinski definition) is 2. The van der Waals surface area contributed by atoms with Crippen molar-refractivity contribution in [3.05, 3.63) is 16.4 Å². The van der Waals surface area contributed by atoms with Crippen LogP contribution >= 0.6 is 23.2 Å². The van der Waals surface area contributed by atoms with Crippen molar-refractivity contribution in [3.8, 4) is 0 Å². The van der Waals surface area contributed by atoms with Crippen LogP contribution in [0.1, 0.15) is 36.6 Å². The smallest absolute Gasteiger partial charge is 0.355 e. The lowest BCUT2D eigenvalue weighted by Gasteiger charge is -2.07. The van der Waals surface area contributed by atoms with E-state index in [2.05, 4.69) is 10.4 Å². The number of halogens is 5. The van der Waals surface area contributed by atoms with Crippen LogP contribution in [0.25, 0.3) is 0 Å². The number of aromatic nitrogens is 2. The van der Waals surface area contributed by atoms with E-state index in [0.717, 1.165) is 12.8 Å². The van der Waals surface area contributed by atoms with Gasteiger partial charge in [0.25, 0.3) is 0 Å². The first kappa shape index (κ1) is 16.4. The van der Waals surface area contributed by atoms with E-state index in [0.29, 0.717) is 18.7 Å². The molecule has 1 saturated carbocycles. The van der Waals surface area contributed by atoms with E-state index in [1.54, 1.807) is 0 Å². The Kier molecular flexibility index (Phi) is 5.03. The van der Waals surface area contributed by atoms with Crippen LogP contribution in [0, 0.1) is 0 Å². The second-order valence-corrected chi connectivity index (χ2v) is 5.53. The van der Waals surface area contributed by atoms with Gasteiger partial charge in [0.05, 0.1) is 10.7 Å². The molecule has 2 rings (SSSR count). The van der Waals surface area contributed by atoms with Crippen molar-refractivity contribution in [2.45, 2.75) is 37.9 Å². The molecular weight excluding hydrogens is 330 g/mol. The van der Waals surface area contributed by atoms with Crippen molar-refractivity contribution in [2.75, 3.05) is 12.4 Å². The molecule has 0 radical (unpaired) electrons. The predicted octanol–water partition coefficient (Wildman–Crippen LogP) is 3.18. The summed E-state index contributed by atoms with van der Waals surface area (Å²) >= 11 is 11.2. The molecule has 0 spiro atoms. The number of aryl methyl sites for hydroxylation is 1. The summed E-state index contributed by atoms with van der Waals surface area (Å²) in [5.74, 6) is -0.397. The number of hydrogen-bond donors (Lipinski definition) is 1. The summed E-state index contributed by atoms with van der Waals surface area (Å²) in [7, 11) is 0. The molecule has 1 fully saturated rings.